The maximum Gasteiger partial charge on any atom is 0.251 e. The van der Waals surface area contributed by atoms with Crippen LogP contribution in [0.25, 0.3) is 0 Å². The van der Waals surface area contributed by atoms with E-state index in [9.17, 15) is 18.8 Å². The zero-order valence-electron chi connectivity index (χ0n) is 12.3. The maximum absolute atomic E-state index is 14.1. The summed E-state index contributed by atoms with van der Waals surface area (Å²) in [5.41, 5.74) is -1.03. The Morgan fingerprint density at radius 3 is 2.62 bits per heavy atom. The van der Waals surface area contributed by atoms with Crippen LogP contribution in [-0.2, 0) is 14.4 Å². The normalized spacial score (nSPS) is 34.3. The first-order valence-corrected chi connectivity index (χ1v) is 8.14. The van der Waals surface area contributed by atoms with Crippen molar-refractivity contribution in [2.75, 3.05) is 11.4 Å². The van der Waals surface area contributed by atoms with Crippen molar-refractivity contribution in [3.05, 3.63) is 23.1 Å². The maximum atomic E-state index is 14.1. The molecule has 4 fully saturated rings. The Kier molecular flexibility index (Phi) is 3.22. The number of carbonyl (C=O) groups is 3. The molecule has 126 valence electrons. The smallest absolute Gasteiger partial charge is 0.251 e. The van der Waals surface area contributed by atoms with E-state index in [4.69, 9.17) is 23.2 Å². The number of nitrogens with one attached hydrogen (secondary N) is 1. The van der Waals surface area contributed by atoms with Crippen LogP contribution in [0.15, 0.2) is 12.3 Å². The van der Waals surface area contributed by atoms with Gasteiger partial charge in [0.25, 0.3) is 5.91 Å². The Morgan fingerprint density at radius 1 is 1.38 bits per heavy atom. The summed E-state index contributed by atoms with van der Waals surface area (Å²) < 4.78 is 14.1. The highest BCUT2D eigenvalue weighted by Gasteiger charge is 2.75. The van der Waals surface area contributed by atoms with Crippen LogP contribution in [0.5, 0.6) is 0 Å². The predicted octanol–water partition coefficient (Wildman–Crippen LogP) is 1.64. The molecule has 4 aliphatic rings. The van der Waals surface area contributed by atoms with Crippen LogP contribution in [0.2, 0.25) is 5.02 Å². The molecule has 2 amide bonds. The number of rotatable bonds is 3. The second-order valence-corrected chi connectivity index (χ2v) is 7.61. The lowest BCUT2D eigenvalue weighted by Crippen LogP contribution is -2.76. The van der Waals surface area contributed by atoms with E-state index in [1.54, 1.807) is 0 Å². The molecule has 1 atom stereocenters. The first-order chi connectivity index (χ1) is 11.3. The fraction of sp³-hybridized carbons (Fsp3) is 0.467. The summed E-state index contributed by atoms with van der Waals surface area (Å²) in [6.45, 7) is -0.309. The fourth-order valence-corrected chi connectivity index (χ4v) is 4.57. The molecule has 1 unspecified atom stereocenters. The van der Waals surface area contributed by atoms with Gasteiger partial charge in [-0.2, -0.15) is 0 Å². The summed E-state index contributed by atoms with van der Waals surface area (Å²) in [5.74, 6) is -1.82. The van der Waals surface area contributed by atoms with E-state index >= 15 is 0 Å². The molecule has 1 aromatic heterocycles. The number of anilines is 1. The van der Waals surface area contributed by atoms with E-state index in [2.05, 4.69) is 10.3 Å². The Bertz CT molecular complexity index is 780. The topological polar surface area (TPSA) is 79.4 Å². The minimum absolute atomic E-state index is 0.101. The largest absolute Gasteiger partial charge is 0.342 e. The molecule has 3 aliphatic carbocycles. The molecule has 1 aromatic rings. The molecule has 1 saturated heterocycles. The minimum Gasteiger partial charge on any atom is -0.342 e. The van der Waals surface area contributed by atoms with Gasteiger partial charge in [-0.25, -0.2) is 9.37 Å². The van der Waals surface area contributed by atoms with Gasteiger partial charge in [0.15, 0.2) is 11.6 Å². The van der Waals surface area contributed by atoms with Crippen molar-refractivity contribution in [2.24, 2.45) is 10.8 Å². The molecule has 2 bridgehead atoms. The first kappa shape index (κ1) is 15.8. The zero-order valence-corrected chi connectivity index (χ0v) is 13.8. The van der Waals surface area contributed by atoms with Gasteiger partial charge in [0.1, 0.15) is 12.6 Å². The quantitative estimate of drug-likeness (QED) is 0.819. The Labute approximate surface area is 146 Å². The standard InChI is InChI=1S/C15H12Cl2FN3O3/c16-7-1-8(18)11(19-2-7)21-3-9(22)20-10(12(21)23)14-4-15(5-14,6-14)13(17)24/h1-2,10H,3-6H2,(H,20,22). The highest BCUT2D eigenvalue weighted by atomic mass is 35.5. The summed E-state index contributed by atoms with van der Waals surface area (Å²) in [6, 6.07) is 0.245. The van der Waals surface area contributed by atoms with Crippen molar-refractivity contribution in [3.63, 3.8) is 0 Å². The number of hydrogen-bond acceptors (Lipinski definition) is 4. The molecule has 5 rings (SSSR count). The van der Waals surface area contributed by atoms with E-state index in [0.717, 1.165) is 11.0 Å². The van der Waals surface area contributed by atoms with E-state index in [0.29, 0.717) is 19.3 Å². The Balaban J connectivity index is 1.61. The lowest BCUT2D eigenvalue weighted by atomic mass is 9.33. The highest BCUT2D eigenvalue weighted by Crippen LogP contribution is 2.75. The number of amides is 2. The summed E-state index contributed by atoms with van der Waals surface area (Å²) in [7, 11) is 0. The number of halogens is 3. The van der Waals surface area contributed by atoms with Crippen LogP contribution in [0.1, 0.15) is 19.3 Å². The molecule has 2 heterocycles. The zero-order chi connectivity index (χ0) is 17.3. The molecule has 0 radical (unpaired) electrons. The number of carbonyl (C=O) groups excluding carboxylic acids is 3. The third-order valence-electron chi connectivity index (χ3n) is 5.26. The van der Waals surface area contributed by atoms with Crippen LogP contribution >= 0.6 is 23.2 Å². The average Bonchev–Trinajstić information content (AvgIpc) is 2.39. The van der Waals surface area contributed by atoms with Gasteiger partial charge < -0.3 is 5.32 Å². The van der Waals surface area contributed by atoms with Gasteiger partial charge in [-0.05, 0) is 36.9 Å². The summed E-state index contributed by atoms with van der Waals surface area (Å²) in [4.78, 5) is 41.1. The number of hydrogen-bond donors (Lipinski definition) is 1. The Morgan fingerprint density at radius 2 is 2.04 bits per heavy atom. The molecule has 9 heteroatoms. The summed E-state index contributed by atoms with van der Waals surface area (Å²) >= 11 is 11.3. The highest BCUT2D eigenvalue weighted by molar-refractivity contribution is 6.65. The van der Waals surface area contributed by atoms with Gasteiger partial charge in [0.05, 0.1) is 5.02 Å². The van der Waals surface area contributed by atoms with E-state index in [-0.39, 0.29) is 17.4 Å². The lowest BCUT2D eigenvalue weighted by Gasteiger charge is -2.71. The van der Waals surface area contributed by atoms with Crippen LogP contribution in [-0.4, -0.2) is 34.6 Å². The third kappa shape index (κ3) is 2.01. The van der Waals surface area contributed by atoms with Gasteiger partial charge in [-0.3, -0.25) is 19.3 Å². The van der Waals surface area contributed by atoms with Gasteiger partial charge in [0, 0.05) is 17.0 Å². The predicted molar refractivity (Wildman–Crippen MR) is 83.1 cm³/mol. The number of pyridine rings is 1. The monoisotopic (exact) mass is 371 g/mol. The number of nitrogens with zero attached hydrogens (tertiary/aromatic N) is 2. The van der Waals surface area contributed by atoms with Crippen molar-refractivity contribution >= 4 is 46.1 Å². The number of aromatic nitrogens is 1. The first-order valence-electron chi connectivity index (χ1n) is 7.38. The van der Waals surface area contributed by atoms with Gasteiger partial charge in [0.2, 0.25) is 11.1 Å². The van der Waals surface area contributed by atoms with Crippen molar-refractivity contribution in [1.29, 1.82) is 0 Å². The van der Waals surface area contributed by atoms with Crippen molar-refractivity contribution in [3.8, 4) is 0 Å². The van der Waals surface area contributed by atoms with Crippen LogP contribution in [0.3, 0.4) is 0 Å². The molecular weight excluding hydrogens is 360 g/mol. The van der Waals surface area contributed by atoms with Crippen LogP contribution < -0.4 is 10.2 Å². The van der Waals surface area contributed by atoms with E-state index in [1.165, 1.54) is 6.20 Å². The van der Waals surface area contributed by atoms with Crippen molar-refractivity contribution in [1.82, 2.24) is 10.3 Å². The van der Waals surface area contributed by atoms with Crippen molar-refractivity contribution < 1.29 is 18.8 Å². The molecule has 1 N–H and O–H groups in total. The van der Waals surface area contributed by atoms with E-state index < -0.39 is 39.7 Å². The third-order valence-corrected chi connectivity index (χ3v) is 5.87. The van der Waals surface area contributed by atoms with E-state index in [1.807, 2.05) is 0 Å². The van der Waals surface area contributed by atoms with Gasteiger partial charge in [-0.1, -0.05) is 11.6 Å². The van der Waals surface area contributed by atoms with Gasteiger partial charge in [-0.15, -0.1) is 0 Å². The lowest BCUT2D eigenvalue weighted by molar-refractivity contribution is -0.212. The second kappa shape index (κ2) is 4.89. The number of piperazine rings is 1. The Hall–Kier alpha value is -1.73. The van der Waals surface area contributed by atoms with Gasteiger partial charge >= 0.3 is 0 Å². The molecule has 1 aliphatic heterocycles. The molecule has 6 nitrogen and oxygen atoms in total. The summed E-state index contributed by atoms with van der Waals surface area (Å²) in [6.07, 6.45) is 2.60. The molecule has 0 spiro atoms. The summed E-state index contributed by atoms with van der Waals surface area (Å²) in [5, 5.41) is 2.37. The average molecular weight is 372 g/mol. The minimum atomic E-state index is -0.798. The molecule has 24 heavy (non-hydrogen) atoms. The molecular formula is C15H12Cl2FN3O3. The van der Waals surface area contributed by atoms with Crippen molar-refractivity contribution in [2.45, 2.75) is 25.3 Å². The molecule has 0 aromatic carbocycles. The fourth-order valence-electron chi connectivity index (χ4n) is 4.23. The van der Waals surface area contributed by atoms with Crippen LogP contribution in [0.4, 0.5) is 10.2 Å². The van der Waals surface area contributed by atoms with Crippen LogP contribution in [0, 0.1) is 16.6 Å². The molecule has 3 saturated carbocycles. The second-order valence-electron chi connectivity index (χ2n) is 6.83. The SMILES string of the molecule is O=C1CN(c2ncc(Cl)cc2F)C(=O)C(C23CC(C(=O)Cl)(C2)C3)N1.